The van der Waals surface area contributed by atoms with E-state index in [2.05, 4.69) is 11.2 Å². The van der Waals surface area contributed by atoms with Crippen molar-refractivity contribution in [2.45, 2.75) is 37.9 Å². The van der Waals surface area contributed by atoms with Crippen LogP contribution in [-0.2, 0) is 4.74 Å². The van der Waals surface area contributed by atoms with Gasteiger partial charge in [0.2, 0.25) is 0 Å². The van der Waals surface area contributed by atoms with E-state index in [-0.39, 0.29) is 0 Å². The first-order valence-electron chi connectivity index (χ1n) is 4.54. The molecule has 3 atom stereocenters. The Morgan fingerprint density at radius 2 is 2.27 bits per heavy atom. The molecule has 3 heteroatoms. The van der Waals surface area contributed by atoms with Crippen LogP contribution < -0.4 is 0 Å². The number of ether oxygens (including phenoxy) is 1. The molecule has 0 amide bonds. The van der Waals surface area contributed by atoms with Crippen LogP contribution in [0.3, 0.4) is 0 Å². The summed E-state index contributed by atoms with van der Waals surface area (Å²) in [5.41, 5.74) is 0. The Morgan fingerprint density at radius 3 is 3.00 bits per heavy atom. The van der Waals surface area contributed by atoms with E-state index in [1.165, 1.54) is 40.8 Å². The fourth-order valence-corrected chi connectivity index (χ4v) is 3.31. The van der Waals surface area contributed by atoms with Crippen molar-refractivity contribution >= 4 is 20.6 Å². The van der Waals surface area contributed by atoms with E-state index in [4.69, 9.17) is 4.74 Å². The zero-order valence-corrected chi connectivity index (χ0v) is 9.90. The molecule has 11 heavy (non-hydrogen) atoms. The van der Waals surface area contributed by atoms with Crippen LogP contribution in [-0.4, -0.2) is 27.4 Å². The second-order valence-corrected chi connectivity index (χ2v) is 6.39. The quantitative estimate of drug-likeness (QED) is 0.483. The second-order valence-electron chi connectivity index (χ2n) is 3.67. The van der Waals surface area contributed by atoms with Crippen LogP contribution in [0.1, 0.15) is 25.7 Å². The molecule has 2 fully saturated rings. The van der Waals surface area contributed by atoms with Gasteiger partial charge in [0.1, 0.15) is 0 Å². The van der Waals surface area contributed by atoms with Crippen LogP contribution in [0.15, 0.2) is 0 Å². The average molecular weight is 188 g/mol. The van der Waals surface area contributed by atoms with Gasteiger partial charge in [-0.05, 0) is 37.4 Å². The Kier molecular flexibility index (Phi) is 2.59. The van der Waals surface area contributed by atoms with Crippen LogP contribution in [0.2, 0.25) is 0 Å². The minimum Gasteiger partial charge on any atom is -0.370 e. The Balaban J connectivity index is 1.68. The fraction of sp³-hybridized carbons (Fsp3) is 1.00. The SMILES string of the molecule is [SiH3]SCCC1CCC2OC2C1. The molecule has 0 spiro atoms. The van der Waals surface area contributed by atoms with Gasteiger partial charge in [-0.3, -0.25) is 0 Å². The monoisotopic (exact) mass is 188 g/mol. The smallest absolute Gasteiger partial charge is 0.0844 e. The van der Waals surface area contributed by atoms with E-state index in [9.17, 15) is 0 Å². The highest BCUT2D eigenvalue weighted by atomic mass is 32.4. The van der Waals surface area contributed by atoms with Gasteiger partial charge < -0.3 is 4.74 Å². The van der Waals surface area contributed by atoms with Gasteiger partial charge in [0.05, 0.1) is 21.6 Å². The zero-order valence-electron chi connectivity index (χ0n) is 7.08. The van der Waals surface area contributed by atoms with Crippen LogP contribution in [0.4, 0.5) is 0 Å². The minimum absolute atomic E-state index is 0.688. The molecular weight excluding hydrogens is 172 g/mol. The predicted octanol–water partition coefficient (Wildman–Crippen LogP) is 0.958. The average Bonchev–Trinajstić information content (AvgIpc) is 2.78. The third kappa shape index (κ3) is 2.01. The standard InChI is InChI=1S/C8H16OSSi/c11-10-4-3-6-1-2-7-8(5-6)9-7/h6-8H,1-5H2,11H3. The Bertz CT molecular complexity index is 142. The highest BCUT2D eigenvalue weighted by Gasteiger charge is 2.43. The van der Waals surface area contributed by atoms with E-state index in [1.54, 1.807) is 0 Å². The Hall–Kier alpha value is 0.527. The molecule has 1 saturated carbocycles. The summed E-state index contributed by atoms with van der Waals surface area (Å²) in [6.07, 6.45) is 6.97. The van der Waals surface area contributed by atoms with Crippen molar-refractivity contribution in [3.63, 3.8) is 0 Å². The van der Waals surface area contributed by atoms with Gasteiger partial charge in [-0.25, -0.2) is 0 Å². The van der Waals surface area contributed by atoms with E-state index in [1.807, 2.05) is 0 Å². The molecule has 0 aromatic carbocycles. The van der Waals surface area contributed by atoms with Crippen molar-refractivity contribution in [2.24, 2.45) is 5.92 Å². The largest absolute Gasteiger partial charge is 0.370 e. The summed E-state index contributed by atoms with van der Waals surface area (Å²) in [6.45, 7) is 0. The molecule has 64 valence electrons. The van der Waals surface area contributed by atoms with E-state index in [0.717, 1.165) is 5.92 Å². The van der Waals surface area contributed by atoms with Gasteiger partial charge in [0, 0.05) is 0 Å². The van der Waals surface area contributed by atoms with Gasteiger partial charge in [-0.15, -0.1) is 0 Å². The summed E-state index contributed by atoms with van der Waals surface area (Å²) in [5, 5.41) is 0. The zero-order chi connectivity index (χ0) is 7.68. The van der Waals surface area contributed by atoms with Gasteiger partial charge in [0.15, 0.2) is 0 Å². The molecule has 0 N–H and O–H groups in total. The van der Waals surface area contributed by atoms with Crippen molar-refractivity contribution in [2.75, 3.05) is 5.75 Å². The first-order chi connectivity index (χ1) is 5.40. The lowest BCUT2D eigenvalue weighted by atomic mass is 9.88. The lowest BCUT2D eigenvalue weighted by Crippen LogP contribution is -2.13. The van der Waals surface area contributed by atoms with E-state index < -0.39 is 0 Å². The molecule has 1 aliphatic heterocycles. The maximum atomic E-state index is 5.49. The Morgan fingerprint density at radius 1 is 1.36 bits per heavy atom. The molecule has 1 nitrogen and oxygen atoms in total. The summed E-state index contributed by atoms with van der Waals surface area (Å²) in [5.74, 6) is 2.40. The number of fused-ring (bicyclic) bond motifs is 1. The van der Waals surface area contributed by atoms with Gasteiger partial charge in [0.25, 0.3) is 0 Å². The highest BCUT2D eigenvalue weighted by Crippen LogP contribution is 2.40. The second kappa shape index (κ2) is 3.50. The summed E-state index contributed by atoms with van der Waals surface area (Å²) in [4.78, 5) is 0. The number of hydrogen-bond acceptors (Lipinski definition) is 2. The lowest BCUT2D eigenvalue weighted by Gasteiger charge is -2.17. The molecule has 0 radical (unpaired) electrons. The summed E-state index contributed by atoms with van der Waals surface area (Å²) in [6, 6.07) is 0. The highest BCUT2D eigenvalue weighted by molar-refractivity contribution is 8.19. The maximum absolute atomic E-state index is 5.49. The van der Waals surface area contributed by atoms with Crippen molar-refractivity contribution in [1.82, 2.24) is 0 Å². The first-order valence-corrected chi connectivity index (χ1v) is 8.39. The molecule has 1 aliphatic carbocycles. The van der Waals surface area contributed by atoms with Crippen molar-refractivity contribution in [1.29, 1.82) is 0 Å². The number of hydrogen-bond donors (Lipinski definition) is 0. The van der Waals surface area contributed by atoms with Crippen LogP contribution in [0.5, 0.6) is 0 Å². The molecule has 0 aromatic rings. The van der Waals surface area contributed by atoms with Crippen LogP contribution in [0, 0.1) is 5.92 Å². The van der Waals surface area contributed by atoms with Gasteiger partial charge >= 0.3 is 0 Å². The molecule has 2 aliphatic rings. The summed E-state index contributed by atoms with van der Waals surface area (Å²) >= 11 is 2.11. The summed E-state index contributed by atoms with van der Waals surface area (Å²) in [7, 11) is 1.31. The van der Waals surface area contributed by atoms with E-state index in [0.29, 0.717) is 12.2 Å². The lowest BCUT2D eigenvalue weighted by molar-refractivity contribution is 0.358. The fourth-order valence-electron chi connectivity index (χ4n) is 2.03. The molecule has 3 unspecified atom stereocenters. The molecule has 1 heterocycles. The third-order valence-electron chi connectivity index (χ3n) is 2.84. The topological polar surface area (TPSA) is 12.5 Å². The van der Waals surface area contributed by atoms with E-state index >= 15 is 0 Å². The molecule has 0 aromatic heterocycles. The maximum Gasteiger partial charge on any atom is 0.0844 e. The minimum atomic E-state index is 0.688. The van der Waals surface area contributed by atoms with Crippen LogP contribution >= 0.6 is 11.2 Å². The number of epoxide rings is 1. The Labute approximate surface area is 75.3 Å². The molecule has 1 saturated heterocycles. The molecule has 0 bridgehead atoms. The van der Waals surface area contributed by atoms with Gasteiger partial charge in [-0.1, -0.05) is 0 Å². The third-order valence-corrected chi connectivity index (χ3v) is 4.71. The normalized spacial score (nSPS) is 42.0. The number of rotatable bonds is 3. The predicted molar refractivity (Wildman–Crippen MR) is 53.0 cm³/mol. The first kappa shape index (κ1) is 8.14. The van der Waals surface area contributed by atoms with Crippen molar-refractivity contribution in [3.05, 3.63) is 0 Å². The summed E-state index contributed by atoms with van der Waals surface area (Å²) < 4.78 is 5.49. The molecule has 2 rings (SSSR count). The van der Waals surface area contributed by atoms with Crippen molar-refractivity contribution < 1.29 is 4.74 Å². The molecular formula is C8H16OSSi. The van der Waals surface area contributed by atoms with Crippen molar-refractivity contribution in [3.8, 4) is 0 Å². The van der Waals surface area contributed by atoms with Gasteiger partial charge in [-0.2, -0.15) is 11.2 Å². The van der Waals surface area contributed by atoms with Crippen LogP contribution in [0.25, 0.3) is 0 Å².